The van der Waals surface area contributed by atoms with Crippen LogP contribution in [0.5, 0.6) is 5.75 Å². The Kier molecular flexibility index (Phi) is 7.47. The van der Waals surface area contributed by atoms with Crippen LogP contribution in [0.4, 0.5) is 10.5 Å². The Bertz CT molecular complexity index is 566. The van der Waals surface area contributed by atoms with Gasteiger partial charge in [-0.05, 0) is 24.4 Å². The fourth-order valence-electron chi connectivity index (χ4n) is 1.49. The van der Waals surface area contributed by atoms with E-state index in [9.17, 15) is 4.79 Å². The number of para-hydroxylation sites is 2. The van der Waals surface area contributed by atoms with Crippen LogP contribution in [0.1, 0.15) is 0 Å². The molecular weight excluding hydrogens is 383 g/mol. The molecule has 1 aromatic carbocycles. The van der Waals surface area contributed by atoms with Crippen molar-refractivity contribution < 1.29 is 9.53 Å². The minimum atomic E-state index is -1.81. The van der Waals surface area contributed by atoms with Crippen LogP contribution in [0.25, 0.3) is 0 Å². The molecule has 128 valence electrons. The number of halogens is 3. The number of hydrogen-bond donors (Lipinski definition) is 3. The van der Waals surface area contributed by atoms with Crippen molar-refractivity contribution in [2.45, 2.75) is 9.96 Å². The summed E-state index contributed by atoms with van der Waals surface area (Å²) in [6.45, 7) is 0. The molecule has 0 saturated carbocycles. The van der Waals surface area contributed by atoms with Gasteiger partial charge < -0.3 is 25.6 Å². The summed E-state index contributed by atoms with van der Waals surface area (Å²) in [6, 6.07) is 6.74. The molecule has 0 unspecified atom stereocenters. The molecule has 0 saturated heterocycles. The number of anilines is 1. The smallest absolute Gasteiger partial charge is 0.318 e. The van der Waals surface area contributed by atoms with Crippen molar-refractivity contribution >= 4 is 63.9 Å². The molecule has 1 rings (SSSR count). The largest absolute Gasteiger partial charge is 0.495 e. The Morgan fingerprint density at radius 3 is 2.39 bits per heavy atom. The number of amides is 2. The Morgan fingerprint density at radius 2 is 1.87 bits per heavy atom. The SMILES string of the molecule is COc1ccccc1NC(=S)N[C@H](NC(=O)N(C)C)C(Cl)(Cl)Cl. The highest BCUT2D eigenvalue weighted by Gasteiger charge is 2.35. The highest BCUT2D eigenvalue weighted by Crippen LogP contribution is 2.29. The van der Waals surface area contributed by atoms with Crippen molar-refractivity contribution in [2.24, 2.45) is 0 Å². The lowest BCUT2D eigenvalue weighted by Gasteiger charge is -2.29. The third-order valence-electron chi connectivity index (χ3n) is 2.63. The molecule has 0 radical (unpaired) electrons. The zero-order valence-electron chi connectivity index (χ0n) is 12.7. The standard InChI is InChI=1S/C13H17Cl3N4O2S/c1-20(2)12(21)19-10(13(14,15)16)18-11(23)17-8-6-4-5-7-9(8)22-3/h4-7,10H,1-3H3,(H,19,21)(H2,17,18,23)/t10-/m1/s1. The van der Waals surface area contributed by atoms with E-state index in [1.165, 1.54) is 4.90 Å². The maximum absolute atomic E-state index is 11.8. The van der Waals surface area contributed by atoms with Gasteiger partial charge in [-0.1, -0.05) is 46.9 Å². The second-order valence-electron chi connectivity index (χ2n) is 4.62. The molecule has 1 aromatic rings. The van der Waals surface area contributed by atoms with Crippen LogP contribution in [0.2, 0.25) is 0 Å². The average Bonchev–Trinajstić information content (AvgIpc) is 2.45. The molecule has 0 aliphatic carbocycles. The molecule has 0 aliphatic heterocycles. The predicted octanol–water partition coefficient (Wildman–Crippen LogP) is 2.95. The molecule has 10 heteroatoms. The number of alkyl halides is 3. The van der Waals surface area contributed by atoms with Gasteiger partial charge in [0.1, 0.15) is 5.75 Å². The van der Waals surface area contributed by atoms with E-state index < -0.39 is 16.0 Å². The molecule has 0 bridgehead atoms. The lowest BCUT2D eigenvalue weighted by Crippen LogP contribution is -2.57. The number of nitrogens with one attached hydrogen (secondary N) is 3. The normalized spacial score (nSPS) is 12.1. The number of rotatable bonds is 4. The second-order valence-corrected chi connectivity index (χ2v) is 7.39. The first-order valence-corrected chi connectivity index (χ1v) is 7.94. The second kappa shape index (κ2) is 8.63. The first-order chi connectivity index (χ1) is 10.6. The van der Waals surface area contributed by atoms with Crippen LogP contribution >= 0.6 is 47.0 Å². The van der Waals surface area contributed by atoms with Crippen LogP contribution in [0.3, 0.4) is 0 Å². The van der Waals surface area contributed by atoms with Crippen molar-refractivity contribution in [3.63, 3.8) is 0 Å². The van der Waals surface area contributed by atoms with Crippen molar-refractivity contribution in [1.29, 1.82) is 0 Å². The van der Waals surface area contributed by atoms with Gasteiger partial charge in [-0.25, -0.2) is 4.79 Å². The van der Waals surface area contributed by atoms with Crippen LogP contribution < -0.4 is 20.7 Å². The molecule has 2 amide bonds. The number of thiocarbonyl (C=S) groups is 1. The summed E-state index contributed by atoms with van der Waals surface area (Å²) in [6.07, 6.45) is -1.03. The van der Waals surface area contributed by atoms with E-state index in [1.54, 1.807) is 33.3 Å². The number of benzene rings is 1. The number of nitrogens with zero attached hydrogens (tertiary/aromatic N) is 1. The zero-order chi connectivity index (χ0) is 17.6. The van der Waals surface area contributed by atoms with E-state index >= 15 is 0 Å². The number of carbonyl (C=O) groups is 1. The monoisotopic (exact) mass is 398 g/mol. The van der Waals surface area contributed by atoms with Gasteiger partial charge in [0, 0.05) is 14.1 Å². The maximum Gasteiger partial charge on any atom is 0.318 e. The minimum Gasteiger partial charge on any atom is -0.495 e. The Morgan fingerprint density at radius 1 is 1.26 bits per heavy atom. The lowest BCUT2D eigenvalue weighted by molar-refractivity contribution is 0.212. The molecule has 0 aromatic heterocycles. The van der Waals surface area contributed by atoms with Crippen molar-refractivity contribution in [1.82, 2.24) is 15.5 Å². The number of ether oxygens (including phenoxy) is 1. The third kappa shape index (κ3) is 6.47. The van der Waals surface area contributed by atoms with E-state index in [0.29, 0.717) is 11.4 Å². The van der Waals surface area contributed by atoms with Gasteiger partial charge >= 0.3 is 6.03 Å². The van der Waals surface area contributed by atoms with Crippen LogP contribution in [0.15, 0.2) is 24.3 Å². The topological polar surface area (TPSA) is 65.6 Å². The number of urea groups is 1. The van der Waals surface area contributed by atoms with Crippen molar-refractivity contribution in [3.8, 4) is 5.75 Å². The van der Waals surface area contributed by atoms with E-state index in [1.807, 2.05) is 12.1 Å². The quantitative estimate of drug-likeness (QED) is 0.413. The molecule has 23 heavy (non-hydrogen) atoms. The van der Waals surface area contributed by atoms with E-state index in [2.05, 4.69) is 16.0 Å². The molecule has 3 N–H and O–H groups in total. The molecule has 0 fully saturated rings. The van der Waals surface area contributed by atoms with Gasteiger partial charge in [-0.2, -0.15) is 0 Å². The van der Waals surface area contributed by atoms with Gasteiger partial charge in [-0.15, -0.1) is 0 Å². The Hall–Kier alpha value is -1.15. The molecule has 0 aliphatic rings. The van der Waals surface area contributed by atoms with Crippen molar-refractivity contribution in [2.75, 3.05) is 26.5 Å². The predicted molar refractivity (Wildman–Crippen MR) is 98.6 cm³/mol. The highest BCUT2D eigenvalue weighted by atomic mass is 35.6. The summed E-state index contributed by atoms with van der Waals surface area (Å²) in [7, 11) is 4.67. The summed E-state index contributed by atoms with van der Waals surface area (Å²) in [5, 5.41) is 8.35. The average molecular weight is 400 g/mol. The van der Waals surface area contributed by atoms with Gasteiger partial charge in [0.15, 0.2) is 11.3 Å². The minimum absolute atomic E-state index is 0.157. The summed E-state index contributed by atoms with van der Waals surface area (Å²) in [5.41, 5.74) is 0.634. The van der Waals surface area contributed by atoms with E-state index in [0.717, 1.165) is 0 Å². The number of carbonyl (C=O) groups excluding carboxylic acids is 1. The Balaban J connectivity index is 2.79. The molecule has 0 heterocycles. The van der Waals surface area contributed by atoms with Crippen LogP contribution in [0, 0.1) is 0 Å². The zero-order valence-corrected chi connectivity index (χ0v) is 15.8. The lowest BCUT2D eigenvalue weighted by atomic mass is 10.3. The fourth-order valence-corrected chi connectivity index (χ4v) is 2.04. The molecular formula is C13H17Cl3N4O2S. The van der Waals surface area contributed by atoms with Crippen molar-refractivity contribution in [3.05, 3.63) is 24.3 Å². The summed E-state index contributed by atoms with van der Waals surface area (Å²) in [5.74, 6) is 0.597. The van der Waals surface area contributed by atoms with E-state index in [-0.39, 0.29) is 5.11 Å². The van der Waals surface area contributed by atoms with Crippen LogP contribution in [-0.4, -0.2) is 47.2 Å². The maximum atomic E-state index is 11.8. The number of hydrogen-bond acceptors (Lipinski definition) is 3. The summed E-state index contributed by atoms with van der Waals surface area (Å²) < 4.78 is 3.40. The van der Waals surface area contributed by atoms with E-state index in [4.69, 9.17) is 51.8 Å². The highest BCUT2D eigenvalue weighted by molar-refractivity contribution is 7.80. The fraction of sp³-hybridized carbons (Fsp3) is 0.385. The third-order valence-corrected chi connectivity index (χ3v) is 3.51. The van der Waals surface area contributed by atoms with Gasteiger partial charge in [0.05, 0.1) is 12.8 Å². The van der Waals surface area contributed by atoms with Gasteiger partial charge in [-0.3, -0.25) is 0 Å². The van der Waals surface area contributed by atoms with Gasteiger partial charge in [0.25, 0.3) is 0 Å². The first kappa shape index (κ1) is 19.9. The molecule has 6 nitrogen and oxygen atoms in total. The molecule has 1 atom stereocenters. The number of methoxy groups -OCH3 is 1. The van der Waals surface area contributed by atoms with Crippen LogP contribution in [-0.2, 0) is 0 Å². The summed E-state index contributed by atoms with van der Waals surface area (Å²) in [4.78, 5) is 13.1. The summed E-state index contributed by atoms with van der Waals surface area (Å²) >= 11 is 22.8. The van der Waals surface area contributed by atoms with Gasteiger partial charge in [0.2, 0.25) is 3.79 Å². The molecule has 0 spiro atoms. The first-order valence-electron chi connectivity index (χ1n) is 6.40. The Labute approximate surface area is 155 Å².